The lowest BCUT2D eigenvalue weighted by molar-refractivity contribution is -0.140. The second-order valence-electron chi connectivity index (χ2n) is 12.5. The van der Waals surface area contributed by atoms with Gasteiger partial charge in [0.2, 0.25) is 11.8 Å². The quantitative estimate of drug-likeness (QED) is 0.173. The van der Waals surface area contributed by atoms with Gasteiger partial charge in [-0.1, -0.05) is 60.7 Å². The van der Waals surface area contributed by atoms with Crippen LogP contribution in [0.1, 0.15) is 31.9 Å². The topological polar surface area (TPSA) is 124 Å². The zero-order chi connectivity index (χ0) is 36.5. The first kappa shape index (κ1) is 37.6. The van der Waals surface area contributed by atoms with Crippen molar-refractivity contribution < 1.29 is 37.0 Å². The Morgan fingerprint density at radius 1 is 0.720 bits per heavy atom. The average Bonchev–Trinajstić information content (AvgIpc) is 3.11. The number of methoxy groups -OCH3 is 4. The lowest BCUT2D eigenvalue weighted by Crippen LogP contribution is -2.56. The molecule has 0 bridgehead atoms. The van der Waals surface area contributed by atoms with E-state index in [0.717, 1.165) is 15.4 Å². The molecule has 11 nitrogen and oxygen atoms in total. The summed E-state index contributed by atoms with van der Waals surface area (Å²) in [5.41, 5.74) is 1.05. The van der Waals surface area contributed by atoms with Gasteiger partial charge >= 0.3 is 0 Å². The second kappa shape index (κ2) is 16.4. The van der Waals surface area contributed by atoms with Crippen LogP contribution >= 0.6 is 0 Å². The molecule has 0 spiro atoms. The number of hydrogen-bond acceptors (Lipinski definition) is 8. The van der Waals surface area contributed by atoms with Crippen molar-refractivity contribution in [3.63, 3.8) is 0 Å². The Bertz CT molecular complexity index is 1860. The van der Waals surface area contributed by atoms with E-state index in [2.05, 4.69) is 5.32 Å². The number of carbonyl (C=O) groups excluding carboxylic acids is 2. The largest absolute Gasteiger partial charge is 0.497 e. The number of nitrogens with zero attached hydrogens (tertiary/aromatic N) is 2. The number of hydrogen-bond donors (Lipinski definition) is 1. The van der Waals surface area contributed by atoms with Gasteiger partial charge in [-0.05, 0) is 56.2 Å². The molecule has 50 heavy (non-hydrogen) atoms. The van der Waals surface area contributed by atoms with Crippen LogP contribution in [0, 0.1) is 0 Å². The first-order valence-corrected chi connectivity index (χ1v) is 17.4. The highest BCUT2D eigenvalue weighted by atomic mass is 32.2. The predicted octanol–water partition coefficient (Wildman–Crippen LogP) is 5.47. The number of nitrogens with one attached hydrogen (secondary N) is 1. The Hall–Kier alpha value is -5.23. The molecule has 0 aromatic heterocycles. The Morgan fingerprint density at radius 2 is 1.30 bits per heavy atom. The number of sulfonamides is 1. The number of ether oxygens (including phenoxy) is 4. The second-order valence-corrected chi connectivity index (χ2v) is 14.4. The van der Waals surface area contributed by atoms with Crippen molar-refractivity contribution in [3.8, 4) is 23.0 Å². The lowest BCUT2D eigenvalue weighted by atomic mass is 10.0. The van der Waals surface area contributed by atoms with Crippen LogP contribution in [0.2, 0.25) is 0 Å². The standard InChI is InChI=1S/C38H45N3O8S/c1-38(2,3)39-37(43)32(22-27-14-10-8-11-15-27)40(25-28-16-12-9-13-17-28)36(42)26-41(31-23-29(46-4)18-20-33(31)47-5)50(44,45)30-19-21-34(48-6)35(24-30)49-7/h8-21,23-24,32H,22,25-26H2,1-7H3,(H,39,43). The highest BCUT2D eigenvalue weighted by molar-refractivity contribution is 7.92. The van der Waals surface area contributed by atoms with Crippen LogP contribution in [0.25, 0.3) is 0 Å². The van der Waals surface area contributed by atoms with E-state index in [-0.39, 0.29) is 41.0 Å². The molecule has 0 aliphatic carbocycles. The van der Waals surface area contributed by atoms with Crippen molar-refractivity contribution in [2.75, 3.05) is 39.3 Å². The molecule has 0 aliphatic rings. The summed E-state index contributed by atoms with van der Waals surface area (Å²) in [7, 11) is 1.21. The van der Waals surface area contributed by atoms with Gasteiger partial charge in [0.1, 0.15) is 24.1 Å². The molecule has 266 valence electrons. The smallest absolute Gasteiger partial charge is 0.265 e. The van der Waals surface area contributed by atoms with E-state index in [4.69, 9.17) is 18.9 Å². The van der Waals surface area contributed by atoms with Crippen molar-refractivity contribution in [1.82, 2.24) is 10.2 Å². The van der Waals surface area contributed by atoms with Gasteiger partial charge < -0.3 is 29.2 Å². The van der Waals surface area contributed by atoms with Crippen molar-refractivity contribution in [2.24, 2.45) is 0 Å². The maximum atomic E-state index is 14.8. The average molecular weight is 704 g/mol. The summed E-state index contributed by atoms with van der Waals surface area (Å²) in [5, 5.41) is 3.03. The minimum Gasteiger partial charge on any atom is -0.497 e. The molecular formula is C38H45N3O8S. The molecule has 1 unspecified atom stereocenters. The van der Waals surface area contributed by atoms with E-state index in [0.29, 0.717) is 11.5 Å². The number of benzene rings is 4. The third kappa shape index (κ3) is 9.26. The highest BCUT2D eigenvalue weighted by Gasteiger charge is 2.37. The zero-order valence-corrected chi connectivity index (χ0v) is 30.3. The van der Waals surface area contributed by atoms with E-state index in [1.807, 2.05) is 81.4 Å². The zero-order valence-electron chi connectivity index (χ0n) is 29.5. The van der Waals surface area contributed by atoms with Crippen LogP contribution in [-0.4, -0.2) is 71.7 Å². The number of carbonyl (C=O) groups is 2. The first-order valence-electron chi connectivity index (χ1n) is 16.0. The minimum atomic E-state index is -4.49. The summed E-state index contributed by atoms with van der Waals surface area (Å²) in [6.07, 6.45) is 0.187. The van der Waals surface area contributed by atoms with Crippen molar-refractivity contribution in [1.29, 1.82) is 0 Å². The van der Waals surface area contributed by atoms with Gasteiger partial charge in [0.25, 0.3) is 10.0 Å². The lowest BCUT2D eigenvalue weighted by Gasteiger charge is -2.35. The number of anilines is 1. The van der Waals surface area contributed by atoms with E-state index in [9.17, 15) is 18.0 Å². The van der Waals surface area contributed by atoms with Crippen molar-refractivity contribution >= 4 is 27.5 Å². The van der Waals surface area contributed by atoms with Gasteiger partial charge in [0, 0.05) is 30.6 Å². The fourth-order valence-corrected chi connectivity index (χ4v) is 6.83. The number of rotatable bonds is 15. The van der Waals surface area contributed by atoms with Gasteiger partial charge in [0.15, 0.2) is 11.5 Å². The molecule has 0 saturated carbocycles. The summed E-state index contributed by atoms with van der Waals surface area (Å²) < 4.78 is 52.1. The van der Waals surface area contributed by atoms with Crippen LogP contribution in [0.4, 0.5) is 5.69 Å². The summed E-state index contributed by atoms with van der Waals surface area (Å²) >= 11 is 0. The van der Waals surface area contributed by atoms with Crippen LogP contribution in [0.5, 0.6) is 23.0 Å². The fourth-order valence-electron chi connectivity index (χ4n) is 5.40. The monoisotopic (exact) mass is 703 g/mol. The predicted molar refractivity (Wildman–Crippen MR) is 192 cm³/mol. The molecule has 4 aromatic rings. The summed E-state index contributed by atoms with van der Waals surface area (Å²) in [4.78, 5) is 30.2. The summed E-state index contributed by atoms with van der Waals surface area (Å²) in [6.45, 7) is 4.94. The third-order valence-electron chi connectivity index (χ3n) is 7.84. The maximum Gasteiger partial charge on any atom is 0.265 e. The molecule has 1 N–H and O–H groups in total. The fraction of sp³-hybridized carbons (Fsp3) is 0.316. The van der Waals surface area contributed by atoms with Gasteiger partial charge in [-0.3, -0.25) is 13.9 Å². The molecule has 1 atom stereocenters. The molecule has 4 rings (SSSR count). The minimum absolute atomic E-state index is 0.0359. The van der Waals surface area contributed by atoms with Crippen molar-refractivity contribution in [3.05, 3.63) is 108 Å². The van der Waals surface area contributed by atoms with E-state index in [1.165, 1.54) is 57.6 Å². The summed E-state index contributed by atoms with van der Waals surface area (Å²) in [5.74, 6) is 0.0456. The Morgan fingerprint density at radius 3 is 1.86 bits per heavy atom. The van der Waals surface area contributed by atoms with Crippen LogP contribution in [0.15, 0.2) is 102 Å². The molecule has 0 aliphatic heterocycles. The van der Waals surface area contributed by atoms with Gasteiger partial charge in [-0.25, -0.2) is 8.42 Å². The van der Waals surface area contributed by atoms with Crippen molar-refractivity contribution in [2.45, 2.75) is 50.2 Å². The molecule has 0 radical (unpaired) electrons. The Kier molecular flexibility index (Phi) is 12.4. The van der Waals surface area contributed by atoms with Crippen LogP contribution < -0.4 is 28.6 Å². The Balaban J connectivity index is 1.90. The maximum absolute atomic E-state index is 14.8. The molecule has 0 saturated heterocycles. The van der Waals surface area contributed by atoms with E-state index >= 15 is 0 Å². The molecule has 4 aromatic carbocycles. The summed E-state index contributed by atoms with van der Waals surface area (Å²) in [6, 6.07) is 26.5. The molecule has 12 heteroatoms. The molecule has 0 heterocycles. The van der Waals surface area contributed by atoms with Gasteiger partial charge in [0.05, 0.1) is 39.0 Å². The molecule has 0 fully saturated rings. The van der Waals surface area contributed by atoms with E-state index < -0.39 is 34.1 Å². The molecule has 2 amide bonds. The normalized spacial score (nSPS) is 12.0. The van der Waals surface area contributed by atoms with Crippen LogP contribution in [0.3, 0.4) is 0 Å². The number of amides is 2. The highest BCUT2D eigenvalue weighted by Crippen LogP contribution is 2.38. The van der Waals surface area contributed by atoms with Gasteiger partial charge in [-0.15, -0.1) is 0 Å². The molecular weight excluding hydrogens is 658 g/mol. The van der Waals surface area contributed by atoms with E-state index in [1.54, 1.807) is 12.1 Å². The first-order chi connectivity index (χ1) is 23.8. The van der Waals surface area contributed by atoms with Gasteiger partial charge in [-0.2, -0.15) is 0 Å². The van der Waals surface area contributed by atoms with Crippen LogP contribution in [-0.2, 0) is 32.6 Å². The SMILES string of the molecule is COc1ccc(OC)c(N(CC(=O)N(Cc2ccccc2)C(Cc2ccccc2)C(=O)NC(C)(C)C)S(=O)(=O)c2ccc(OC)c(OC)c2)c1. The Labute approximate surface area is 294 Å². The third-order valence-corrected chi connectivity index (χ3v) is 9.60.